The molecule has 5 nitrogen and oxygen atoms in total. The topological polar surface area (TPSA) is 56.8 Å². The van der Waals surface area contributed by atoms with Crippen LogP contribution in [0.25, 0.3) is 0 Å². The van der Waals surface area contributed by atoms with E-state index in [0.29, 0.717) is 18.1 Å². The molecule has 0 aliphatic carbocycles. The molecule has 0 aliphatic rings. The van der Waals surface area contributed by atoms with E-state index in [1.54, 1.807) is 20.3 Å². The summed E-state index contributed by atoms with van der Waals surface area (Å²) in [5, 5.41) is 2.95. The molecular formula is C19H23NO4. The zero-order valence-corrected chi connectivity index (χ0v) is 14.2. The normalized spacial score (nSPS) is 11.5. The van der Waals surface area contributed by atoms with Gasteiger partial charge in [-0.25, -0.2) is 0 Å². The van der Waals surface area contributed by atoms with Crippen molar-refractivity contribution in [2.45, 2.75) is 19.4 Å². The summed E-state index contributed by atoms with van der Waals surface area (Å²) in [6, 6.07) is 14.8. The van der Waals surface area contributed by atoms with Gasteiger partial charge in [0.05, 0.1) is 33.3 Å². The van der Waals surface area contributed by atoms with Crippen LogP contribution in [0.2, 0.25) is 0 Å². The van der Waals surface area contributed by atoms with Crippen LogP contribution in [0.4, 0.5) is 0 Å². The minimum Gasteiger partial charge on any atom is -0.497 e. The van der Waals surface area contributed by atoms with Crippen LogP contribution in [0.5, 0.6) is 17.2 Å². The Hall–Kier alpha value is -2.69. The first-order chi connectivity index (χ1) is 11.6. The molecule has 1 unspecified atom stereocenters. The van der Waals surface area contributed by atoms with E-state index in [9.17, 15) is 4.79 Å². The van der Waals surface area contributed by atoms with Crippen molar-refractivity contribution in [1.82, 2.24) is 5.32 Å². The van der Waals surface area contributed by atoms with Crippen LogP contribution < -0.4 is 19.5 Å². The number of hydrogen-bond acceptors (Lipinski definition) is 4. The molecule has 1 amide bonds. The quantitative estimate of drug-likeness (QED) is 0.807. The number of carbonyl (C=O) groups is 1. The molecule has 24 heavy (non-hydrogen) atoms. The molecule has 128 valence electrons. The van der Waals surface area contributed by atoms with Gasteiger partial charge in [0.2, 0.25) is 5.91 Å². The number of benzene rings is 2. The minimum absolute atomic E-state index is 0.0729. The Bertz CT molecular complexity index is 658. The largest absolute Gasteiger partial charge is 0.497 e. The zero-order chi connectivity index (χ0) is 17.4. The second-order valence-electron chi connectivity index (χ2n) is 5.31. The number of methoxy groups -OCH3 is 2. The minimum atomic E-state index is -0.171. The van der Waals surface area contributed by atoms with Crippen LogP contribution in [0.1, 0.15) is 24.9 Å². The Morgan fingerprint density at radius 1 is 1.04 bits per heavy atom. The fourth-order valence-electron chi connectivity index (χ4n) is 2.35. The predicted molar refractivity (Wildman–Crippen MR) is 92.7 cm³/mol. The van der Waals surface area contributed by atoms with Gasteiger partial charge in [-0.3, -0.25) is 4.79 Å². The van der Waals surface area contributed by atoms with Gasteiger partial charge in [-0.05, 0) is 31.2 Å². The first-order valence-electron chi connectivity index (χ1n) is 7.83. The summed E-state index contributed by atoms with van der Waals surface area (Å²) in [5.74, 6) is 2.08. The van der Waals surface area contributed by atoms with Gasteiger partial charge in [-0.15, -0.1) is 0 Å². The lowest BCUT2D eigenvalue weighted by Crippen LogP contribution is -2.28. The fraction of sp³-hybridized carbons (Fsp3) is 0.316. The lowest BCUT2D eigenvalue weighted by Gasteiger charge is -2.18. The van der Waals surface area contributed by atoms with Crippen molar-refractivity contribution >= 4 is 5.91 Å². The average molecular weight is 329 g/mol. The Balaban J connectivity index is 1.87. The van der Waals surface area contributed by atoms with E-state index in [1.165, 1.54) is 0 Å². The van der Waals surface area contributed by atoms with Gasteiger partial charge in [0.1, 0.15) is 17.2 Å². The first kappa shape index (κ1) is 17.7. The number of nitrogens with one attached hydrogen (secondary N) is 1. The van der Waals surface area contributed by atoms with Gasteiger partial charge in [0.25, 0.3) is 0 Å². The molecule has 0 saturated carbocycles. The molecule has 0 bridgehead atoms. The van der Waals surface area contributed by atoms with Crippen molar-refractivity contribution in [3.8, 4) is 17.2 Å². The molecule has 0 radical (unpaired) electrons. The first-order valence-corrected chi connectivity index (χ1v) is 7.83. The van der Waals surface area contributed by atoms with Gasteiger partial charge < -0.3 is 19.5 Å². The summed E-state index contributed by atoms with van der Waals surface area (Å²) in [6.07, 6.45) is 0.289. The van der Waals surface area contributed by atoms with E-state index < -0.39 is 0 Å². The molecule has 0 aliphatic heterocycles. The summed E-state index contributed by atoms with van der Waals surface area (Å²) in [4.78, 5) is 12.1. The molecule has 1 N–H and O–H groups in total. The Morgan fingerprint density at radius 2 is 1.79 bits per heavy atom. The highest BCUT2D eigenvalue weighted by atomic mass is 16.5. The maximum atomic E-state index is 12.1. The number of rotatable bonds is 8. The van der Waals surface area contributed by atoms with Gasteiger partial charge in [-0.1, -0.05) is 18.2 Å². The number of hydrogen-bond donors (Lipinski definition) is 1. The maximum absolute atomic E-state index is 12.1. The molecular weight excluding hydrogens is 306 g/mol. The van der Waals surface area contributed by atoms with Crippen molar-refractivity contribution in [3.63, 3.8) is 0 Å². The van der Waals surface area contributed by atoms with E-state index >= 15 is 0 Å². The summed E-state index contributed by atoms with van der Waals surface area (Å²) < 4.78 is 16.1. The zero-order valence-electron chi connectivity index (χ0n) is 14.2. The van der Waals surface area contributed by atoms with Crippen LogP contribution in [0, 0.1) is 0 Å². The van der Waals surface area contributed by atoms with Crippen LogP contribution >= 0.6 is 0 Å². The molecule has 2 aromatic carbocycles. The molecule has 1 atom stereocenters. The van der Waals surface area contributed by atoms with Crippen molar-refractivity contribution in [3.05, 3.63) is 54.1 Å². The standard InChI is InChI=1S/C19H23NO4/c1-14(17-10-9-16(22-2)13-18(17)23-3)20-19(21)11-12-24-15-7-5-4-6-8-15/h4-10,13-14H,11-12H2,1-3H3,(H,20,21). The SMILES string of the molecule is COc1ccc(C(C)NC(=O)CCOc2ccccc2)c(OC)c1. The molecule has 0 aromatic heterocycles. The second-order valence-corrected chi connectivity index (χ2v) is 5.31. The van der Waals surface area contributed by atoms with Crippen LogP contribution in [0.15, 0.2) is 48.5 Å². The van der Waals surface area contributed by atoms with E-state index in [4.69, 9.17) is 14.2 Å². The summed E-state index contributed by atoms with van der Waals surface area (Å²) in [5.41, 5.74) is 0.899. The van der Waals surface area contributed by atoms with E-state index in [2.05, 4.69) is 5.32 Å². The predicted octanol–water partition coefficient (Wildman–Crippen LogP) is 3.35. The van der Waals surface area contributed by atoms with Crippen LogP contribution in [-0.2, 0) is 4.79 Å². The number of amides is 1. The molecule has 0 spiro atoms. The van der Waals surface area contributed by atoms with E-state index in [0.717, 1.165) is 11.3 Å². The molecule has 2 aromatic rings. The molecule has 0 fully saturated rings. The van der Waals surface area contributed by atoms with Crippen LogP contribution in [0.3, 0.4) is 0 Å². The van der Waals surface area contributed by atoms with Gasteiger partial charge >= 0.3 is 0 Å². The summed E-state index contributed by atoms with van der Waals surface area (Å²) in [7, 11) is 3.20. The highest BCUT2D eigenvalue weighted by molar-refractivity contribution is 5.76. The second kappa shape index (κ2) is 8.82. The van der Waals surface area contributed by atoms with E-state index in [-0.39, 0.29) is 18.4 Å². The highest BCUT2D eigenvalue weighted by Crippen LogP contribution is 2.29. The van der Waals surface area contributed by atoms with Gasteiger partial charge in [0.15, 0.2) is 0 Å². The van der Waals surface area contributed by atoms with Crippen molar-refractivity contribution in [2.75, 3.05) is 20.8 Å². The number of para-hydroxylation sites is 1. The lowest BCUT2D eigenvalue weighted by molar-refractivity contribution is -0.122. The molecule has 0 saturated heterocycles. The summed E-state index contributed by atoms with van der Waals surface area (Å²) in [6.45, 7) is 2.25. The molecule has 0 heterocycles. The fourth-order valence-corrected chi connectivity index (χ4v) is 2.35. The van der Waals surface area contributed by atoms with Crippen molar-refractivity contribution < 1.29 is 19.0 Å². The lowest BCUT2D eigenvalue weighted by atomic mass is 10.1. The third kappa shape index (κ3) is 4.91. The Kier molecular flexibility index (Phi) is 6.49. The Labute approximate surface area is 142 Å². The Morgan fingerprint density at radius 3 is 2.46 bits per heavy atom. The highest BCUT2D eigenvalue weighted by Gasteiger charge is 2.15. The van der Waals surface area contributed by atoms with Crippen molar-refractivity contribution in [1.29, 1.82) is 0 Å². The molecule has 2 rings (SSSR count). The number of carbonyl (C=O) groups excluding carboxylic acids is 1. The summed E-state index contributed by atoms with van der Waals surface area (Å²) >= 11 is 0. The maximum Gasteiger partial charge on any atom is 0.223 e. The van der Waals surface area contributed by atoms with Gasteiger partial charge in [-0.2, -0.15) is 0 Å². The smallest absolute Gasteiger partial charge is 0.223 e. The van der Waals surface area contributed by atoms with Crippen molar-refractivity contribution in [2.24, 2.45) is 0 Å². The van der Waals surface area contributed by atoms with E-state index in [1.807, 2.05) is 49.4 Å². The third-order valence-electron chi connectivity index (χ3n) is 3.63. The monoisotopic (exact) mass is 329 g/mol. The average Bonchev–Trinajstić information content (AvgIpc) is 2.61. The van der Waals surface area contributed by atoms with Crippen LogP contribution in [-0.4, -0.2) is 26.7 Å². The third-order valence-corrected chi connectivity index (χ3v) is 3.63. The number of ether oxygens (including phenoxy) is 3. The molecule has 5 heteroatoms. The van der Waals surface area contributed by atoms with Gasteiger partial charge in [0, 0.05) is 11.6 Å².